The van der Waals surface area contributed by atoms with Gasteiger partial charge in [0.25, 0.3) is 5.56 Å². The summed E-state index contributed by atoms with van der Waals surface area (Å²) in [4.78, 5) is 13.3. The zero-order valence-corrected chi connectivity index (χ0v) is 18.1. The summed E-state index contributed by atoms with van der Waals surface area (Å²) in [5, 5.41) is 9.83. The zero-order valence-electron chi connectivity index (χ0n) is 17.3. The lowest BCUT2D eigenvalue weighted by Crippen LogP contribution is -2.24. The number of benzene rings is 3. The van der Waals surface area contributed by atoms with Gasteiger partial charge < -0.3 is 4.74 Å². The maximum atomic E-state index is 13.3. The SMILES string of the molecule is O=c1c2ccccc2n2c(SCc3cccc(OC(F)F)c3)nnc2n1Cc1ccccc1. The van der Waals surface area contributed by atoms with Gasteiger partial charge in [-0.3, -0.25) is 13.8 Å². The molecule has 0 unspecified atom stereocenters. The maximum absolute atomic E-state index is 13.3. The van der Waals surface area contributed by atoms with E-state index in [1.54, 1.807) is 22.8 Å². The average Bonchev–Trinajstić information content (AvgIpc) is 3.25. The van der Waals surface area contributed by atoms with Crippen molar-refractivity contribution in [3.63, 3.8) is 0 Å². The molecule has 2 heterocycles. The van der Waals surface area contributed by atoms with Crippen LogP contribution in [0.25, 0.3) is 16.7 Å². The minimum absolute atomic E-state index is 0.108. The number of rotatable bonds is 7. The predicted molar refractivity (Wildman–Crippen MR) is 123 cm³/mol. The van der Waals surface area contributed by atoms with Crippen LogP contribution in [0.2, 0.25) is 0 Å². The molecule has 0 atom stereocenters. The van der Waals surface area contributed by atoms with Crippen LogP contribution in [0.1, 0.15) is 11.1 Å². The molecule has 6 nitrogen and oxygen atoms in total. The van der Waals surface area contributed by atoms with Crippen LogP contribution in [-0.2, 0) is 12.3 Å². The van der Waals surface area contributed by atoms with Crippen molar-refractivity contribution in [1.82, 2.24) is 19.2 Å². The van der Waals surface area contributed by atoms with E-state index in [0.717, 1.165) is 11.1 Å². The molecule has 166 valence electrons. The molecule has 3 aromatic carbocycles. The van der Waals surface area contributed by atoms with Crippen LogP contribution in [0.4, 0.5) is 8.78 Å². The Balaban J connectivity index is 1.55. The molecule has 0 saturated heterocycles. The minimum Gasteiger partial charge on any atom is -0.435 e. The van der Waals surface area contributed by atoms with Crippen LogP contribution in [0.5, 0.6) is 5.75 Å². The molecule has 0 aliphatic heterocycles. The van der Waals surface area contributed by atoms with Crippen LogP contribution in [0.3, 0.4) is 0 Å². The van der Waals surface area contributed by atoms with Gasteiger partial charge in [-0.05, 0) is 35.4 Å². The van der Waals surface area contributed by atoms with Gasteiger partial charge in [-0.25, -0.2) is 0 Å². The summed E-state index contributed by atoms with van der Waals surface area (Å²) in [5.41, 5.74) is 2.36. The highest BCUT2D eigenvalue weighted by molar-refractivity contribution is 7.98. The van der Waals surface area contributed by atoms with E-state index in [1.165, 1.54) is 17.8 Å². The standard InChI is InChI=1S/C24H18F2N4O2S/c25-22(26)32-18-10-6-9-17(13-18)15-33-24-28-27-23-29(14-16-7-2-1-3-8-16)21(31)19-11-4-5-12-20(19)30(23)24/h1-13,22H,14-15H2. The Morgan fingerprint density at radius 3 is 2.48 bits per heavy atom. The maximum Gasteiger partial charge on any atom is 0.387 e. The summed E-state index contributed by atoms with van der Waals surface area (Å²) in [5.74, 6) is 1.02. The van der Waals surface area contributed by atoms with Crippen LogP contribution in [0.15, 0.2) is 88.8 Å². The van der Waals surface area contributed by atoms with E-state index < -0.39 is 6.61 Å². The summed E-state index contributed by atoms with van der Waals surface area (Å²) in [7, 11) is 0. The fraction of sp³-hybridized carbons (Fsp3) is 0.125. The van der Waals surface area contributed by atoms with Crippen molar-refractivity contribution < 1.29 is 13.5 Å². The average molecular weight is 464 g/mol. The van der Waals surface area contributed by atoms with Crippen molar-refractivity contribution >= 4 is 28.4 Å². The Morgan fingerprint density at radius 2 is 1.67 bits per heavy atom. The largest absolute Gasteiger partial charge is 0.435 e. The highest BCUT2D eigenvalue weighted by atomic mass is 32.2. The highest BCUT2D eigenvalue weighted by Gasteiger charge is 2.17. The van der Waals surface area contributed by atoms with Crippen molar-refractivity contribution in [2.75, 3.05) is 0 Å². The number of aromatic nitrogens is 4. The number of hydrogen-bond donors (Lipinski definition) is 0. The molecule has 0 bridgehead atoms. The molecule has 5 aromatic rings. The second kappa shape index (κ2) is 9.03. The van der Waals surface area contributed by atoms with Crippen LogP contribution in [0, 0.1) is 0 Å². The van der Waals surface area contributed by atoms with Gasteiger partial charge >= 0.3 is 6.61 Å². The number of alkyl halides is 2. The minimum atomic E-state index is -2.87. The normalized spacial score (nSPS) is 11.5. The molecule has 0 N–H and O–H groups in total. The van der Waals surface area contributed by atoms with Crippen molar-refractivity contribution in [3.8, 4) is 5.75 Å². The number of thioether (sulfide) groups is 1. The van der Waals surface area contributed by atoms with Crippen LogP contribution >= 0.6 is 11.8 Å². The van der Waals surface area contributed by atoms with Crippen LogP contribution in [-0.4, -0.2) is 25.8 Å². The number of halogens is 2. The quantitative estimate of drug-likeness (QED) is 0.318. The predicted octanol–water partition coefficient (Wildman–Crippen LogP) is 4.99. The van der Waals surface area contributed by atoms with E-state index in [9.17, 15) is 13.6 Å². The smallest absolute Gasteiger partial charge is 0.387 e. The molecule has 9 heteroatoms. The molecular formula is C24H18F2N4O2S. The van der Waals surface area contributed by atoms with Crippen LogP contribution < -0.4 is 10.3 Å². The Morgan fingerprint density at radius 1 is 0.909 bits per heavy atom. The zero-order chi connectivity index (χ0) is 22.8. The molecule has 0 aliphatic carbocycles. The number of hydrogen-bond acceptors (Lipinski definition) is 5. The molecule has 0 fully saturated rings. The summed E-state index contributed by atoms with van der Waals surface area (Å²) in [6, 6.07) is 23.6. The lowest BCUT2D eigenvalue weighted by atomic mass is 10.2. The van der Waals surface area contributed by atoms with E-state index >= 15 is 0 Å². The Bertz CT molecular complexity index is 1480. The number of ether oxygens (including phenoxy) is 1. The van der Waals surface area contributed by atoms with Gasteiger partial charge in [-0.1, -0.05) is 66.4 Å². The Labute approximate surface area is 191 Å². The molecule has 0 spiro atoms. The number of nitrogens with zero attached hydrogens (tertiary/aromatic N) is 4. The summed E-state index contributed by atoms with van der Waals surface area (Å²) in [6.07, 6.45) is 0. The third-order valence-corrected chi connectivity index (χ3v) is 6.15. The van der Waals surface area contributed by atoms with Crippen molar-refractivity contribution in [1.29, 1.82) is 0 Å². The first kappa shape index (κ1) is 21.1. The number of fused-ring (bicyclic) bond motifs is 3. The van der Waals surface area contributed by atoms with Gasteiger partial charge in [-0.2, -0.15) is 8.78 Å². The van der Waals surface area contributed by atoms with Gasteiger partial charge in [0.15, 0.2) is 5.16 Å². The molecule has 5 rings (SSSR count). The van der Waals surface area contributed by atoms with Gasteiger partial charge in [0.2, 0.25) is 5.78 Å². The molecular weight excluding hydrogens is 446 g/mol. The second-order valence-electron chi connectivity index (χ2n) is 7.33. The van der Waals surface area contributed by atoms with Gasteiger partial charge in [-0.15, -0.1) is 10.2 Å². The molecule has 0 amide bonds. The monoisotopic (exact) mass is 464 g/mol. The fourth-order valence-corrected chi connectivity index (χ4v) is 4.58. The fourth-order valence-electron chi connectivity index (χ4n) is 3.69. The van der Waals surface area contributed by atoms with E-state index in [0.29, 0.717) is 34.1 Å². The highest BCUT2D eigenvalue weighted by Crippen LogP contribution is 2.26. The third-order valence-electron chi connectivity index (χ3n) is 5.15. The van der Waals surface area contributed by atoms with Crippen molar-refractivity contribution in [3.05, 3.63) is 100 Å². The van der Waals surface area contributed by atoms with E-state index in [-0.39, 0.29) is 11.3 Å². The molecule has 0 radical (unpaired) electrons. The third kappa shape index (κ3) is 4.31. The summed E-state index contributed by atoms with van der Waals surface area (Å²) in [6.45, 7) is -2.51. The summed E-state index contributed by atoms with van der Waals surface area (Å²) >= 11 is 1.40. The molecule has 0 aliphatic rings. The Hall–Kier alpha value is -3.72. The Kier molecular flexibility index (Phi) is 5.78. The first-order valence-corrected chi connectivity index (χ1v) is 11.2. The van der Waals surface area contributed by atoms with E-state index in [1.807, 2.05) is 59.0 Å². The first-order chi connectivity index (χ1) is 16.1. The first-order valence-electron chi connectivity index (χ1n) is 10.2. The second-order valence-corrected chi connectivity index (χ2v) is 8.27. The van der Waals surface area contributed by atoms with Crippen molar-refractivity contribution in [2.24, 2.45) is 0 Å². The van der Waals surface area contributed by atoms with Gasteiger partial charge in [0.1, 0.15) is 5.75 Å². The molecule has 33 heavy (non-hydrogen) atoms. The lowest BCUT2D eigenvalue weighted by Gasteiger charge is -2.11. The summed E-state index contributed by atoms with van der Waals surface area (Å²) < 4.78 is 33.0. The van der Waals surface area contributed by atoms with Crippen molar-refractivity contribution in [2.45, 2.75) is 24.1 Å². The molecule has 2 aromatic heterocycles. The van der Waals surface area contributed by atoms with Gasteiger partial charge in [0.05, 0.1) is 17.4 Å². The van der Waals surface area contributed by atoms with E-state index in [2.05, 4.69) is 14.9 Å². The van der Waals surface area contributed by atoms with E-state index in [4.69, 9.17) is 0 Å². The molecule has 0 saturated carbocycles. The number of para-hydroxylation sites is 1. The topological polar surface area (TPSA) is 61.4 Å². The van der Waals surface area contributed by atoms with Gasteiger partial charge in [0, 0.05) is 5.75 Å². The lowest BCUT2D eigenvalue weighted by molar-refractivity contribution is -0.0498.